The fourth-order valence-electron chi connectivity index (χ4n) is 1.07. The van der Waals surface area contributed by atoms with Crippen LogP contribution in [0.1, 0.15) is 6.42 Å². The first-order valence-electron chi connectivity index (χ1n) is 3.72. The van der Waals surface area contributed by atoms with Gasteiger partial charge in [0.25, 0.3) is 5.91 Å². The average Bonchev–Trinajstić information content (AvgIpc) is 2.25. The Labute approximate surface area is 70.1 Å². The molecule has 0 fully saturated rings. The van der Waals surface area contributed by atoms with Gasteiger partial charge in [-0.1, -0.05) is 12.1 Å². The Morgan fingerprint density at radius 2 is 1.92 bits per heavy atom. The van der Waals surface area contributed by atoms with Crippen LogP contribution in [0.15, 0.2) is 29.3 Å². The lowest BCUT2D eigenvalue weighted by Gasteiger charge is -1.98. The van der Waals surface area contributed by atoms with Crippen LogP contribution < -0.4 is 5.32 Å². The quantitative estimate of drug-likeness (QED) is 0.566. The van der Waals surface area contributed by atoms with E-state index in [1.807, 2.05) is 18.2 Å². The summed E-state index contributed by atoms with van der Waals surface area (Å²) in [6, 6.07) is 7.35. The highest BCUT2D eigenvalue weighted by atomic mass is 16.1. The van der Waals surface area contributed by atoms with Gasteiger partial charge in [0.1, 0.15) is 0 Å². The third-order valence-electron chi connectivity index (χ3n) is 1.62. The lowest BCUT2D eigenvalue weighted by atomic mass is 10.3. The van der Waals surface area contributed by atoms with Crippen LogP contribution in [-0.4, -0.2) is 12.1 Å². The molecular weight excluding hydrogens is 152 g/mol. The zero-order valence-corrected chi connectivity index (χ0v) is 6.40. The topological polar surface area (TPSA) is 43.5 Å². The molecule has 0 saturated carbocycles. The first-order chi connectivity index (χ1) is 5.86. The summed E-state index contributed by atoms with van der Waals surface area (Å²) in [7, 11) is 0. The molecule has 12 heavy (non-hydrogen) atoms. The van der Waals surface area contributed by atoms with E-state index in [4.69, 9.17) is 0 Å². The van der Waals surface area contributed by atoms with Crippen molar-refractivity contribution in [1.29, 1.82) is 0 Å². The Kier molecular flexibility index (Phi) is 1.63. The molecule has 1 aromatic carbocycles. The van der Waals surface area contributed by atoms with Gasteiger partial charge in [0.2, 0.25) is 0 Å². The van der Waals surface area contributed by atoms with Crippen molar-refractivity contribution in [3.8, 4) is 0 Å². The van der Waals surface area contributed by atoms with E-state index in [1.54, 1.807) is 12.3 Å². The number of rotatable bonds is 0. The number of carbonyl (C=O) groups excluding carboxylic acids is 1. The molecular formula is C9H7N2O. The van der Waals surface area contributed by atoms with Crippen molar-refractivity contribution >= 4 is 23.5 Å². The first kappa shape index (κ1) is 7.03. The van der Waals surface area contributed by atoms with E-state index in [9.17, 15) is 4.79 Å². The van der Waals surface area contributed by atoms with Gasteiger partial charge in [-0.05, 0) is 12.1 Å². The number of carbonyl (C=O) groups is 1. The second kappa shape index (κ2) is 2.77. The van der Waals surface area contributed by atoms with Crippen LogP contribution in [0.4, 0.5) is 11.4 Å². The Bertz CT molecular complexity index is 344. The van der Waals surface area contributed by atoms with Gasteiger partial charge in [-0.15, -0.1) is 0 Å². The molecule has 0 unspecified atom stereocenters. The molecule has 3 nitrogen and oxygen atoms in total. The monoisotopic (exact) mass is 159 g/mol. The van der Waals surface area contributed by atoms with Gasteiger partial charge in [-0.3, -0.25) is 9.79 Å². The molecule has 2 rings (SSSR count). The number of nitrogens with zero attached hydrogens (tertiary/aromatic N) is 2. The lowest BCUT2D eigenvalue weighted by Crippen LogP contribution is -2.08. The zero-order valence-electron chi connectivity index (χ0n) is 6.40. The Balaban J connectivity index is 2.48. The van der Waals surface area contributed by atoms with Gasteiger partial charge >= 0.3 is 0 Å². The summed E-state index contributed by atoms with van der Waals surface area (Å²) < 4.78 is 0. The number of fused-ring (bicyclic) bond motifs is 1. The van der Waals surface area contributed by atoms with Crippen LogP contribution in [0.5, 0.6) is 0 Å². The third kappa shape index (κ3) is 1.21. The van der Waals surface area contributed by atoms with E-state index in [0.717, 1.165) is 5.69 Å². The standard InChI is InChI=1S/C9H7N2O/c12-9-5-6-10-7-3-1-2-4-8(7)11-9/h1-4,6H,5H2. The van der Waals surface area contributed by atoms with Crippen molar-refractivity contribution in [2.24, 2.45) is 4.99 Å². The zero-order chi connectivity index (χ0) is 8.39. The van der Waals surface area contributed by atoms with Gasteiger partial charge in [0.15, 0.2) is 0 Å². The molecule has 0 N–H and O–H groups in total. The molecule has 0 aromatic heterocycles. The summed E-state index contributed by atoms with van der Waals surface area (Å²) in [6.07, 6.45) is 1.90. The van der Waals surface area contributed by atoms with Crippen LogP contribution in [0.25, 0.3) is 0 Å². The molecule has 0 bridgehead atoms. The van der Waals surface area contributed by atoms with E-state index in [0.29, 0.717) is 12.1 Å². The highest BCUT2D eigenvalue weighted by molar-refractivity contribution is 5.96. The summed E-state index contributed by atoms with van der Waals surface area (Å²) in [5.41, 5.74) is 1.43. The molecule has 1 heterocycles. The molecule has 1 radical (unpaired) electrons. The predicted octanol–water partition coefficient (Wildman–Crippen LogP) is 1.56. The number of benzene rings is 1. The van der Waals surface area contributed by atoms with E-state index in [-0.39, 0.29) is 5.91 Å². The minimum atomic E-state index is -0.135. The SMILES string of the molecule is O=C1CC=Nc2ccccc2[N]1. The molecule has 1 amide bonds. The normalized spacial score (nSPS) is 14.8. The molecule has 0 spiro atoms. The molecule has 0 aliphatic carbocycles. The maximum absolute atomic E-state index is 11.0. The van der Waals surface area contributed by atoms with Crippen LogP contribution in [0, 0.1) is 0 Å². The summed E-state index contributed by atoms with van der Waals surface area (Å²) in [4.78, 5) is 15.1. The van der Waals surface area contributed by atoms with E-state index < -0.39 is 0 Å². The fraction of sp³-hybridized carbons (Fsp3) is 0.111. The van der Waals surface area contributed by atoms with Crippen molar-refractivity contribution in [2.75, 3.05) is 0 Å². The van der Waals surface area contributed by atoms with Crippen molar-refractivity contribution < 1.29 is 4.79 Å². The van der Waals surface area contributed by atoms with Gasteiger partial charge in [-0.25, -0.2) is 5.32 Å². The minimum absolute atomic E-state index is 0.135. The van der Waals surface area contributed by atoms with Crippen molar-refractivity contribution in [2.45, 2.75) is 6.42 Å². The highest BCUT2D eigenvalue weighted by Crippen LogP contribution is 2.25. The third-order valence-corrected chi connectivity index (χ3v) is 1.62. The Morgan fingerprint density at radius 1 is 1.17 bits per heavy atom. The number of hydrogen-bond acceptors (Lipinski definition) is 2. The van der Waals surface area contributed by atoms with Crippen LogP contribution in [0.3, 0.4) is 0 Å². The second-order valence-corrected chi connectivity index (χ2v) is 2.51. The first-order valence-corrected chi connectivity index (χ1v) is 3.72. The molecule has 59 valence electrons. The minimum Gasteiger partial charge on any atom is -0.272 e. The molecule has 3 heteroatoms. The summed E-state index contributed by atoms with van der Waals surface area (Å²) in [5, 5.41) is 3.88. The van der Waals surface area contributed by atoms with Gasteiger partial charge in [0.05, 0.1) is 17.8 Å². The number of aliphatic imine (C=N–C) groups is 1. The second-order valence-electron chi connectivity index (χ2n) is 2.51. The predicted molar refractivity (Wildman–Crippen MR) is 46.0 cm³/mol. The van der Waals surface area contributed by atoms with E-state index >= 15 is 0 Å². The number of amides is 1. The van der Waals surface area contributed by atoms with Gasteiger partial charge in [-0.2, -0.15) is 0 Å². The van der Waals surface area contributed by atoms with Crippen LogP contribution in [0.2, 0.25) is 0 Å². The summed E-state index contributed by atoms with van der Waals surface area (Å²) in [6.45, 7) is 0. The van der Waals surface area contributed by atoms with Crippen molar-refractivity contribution in [1.82, 2.24) is 5.32 Å². The molecule has 0 saturated heterocycles. The maximum Gasteiger partial charge on any atom is 0.251 e. The molecule has 1 aliphatic heterocycles. The van der Waals surface area contributed by atoms with E-state index in [2.05, 4.69) is 10.3 Å². The maximum atomic E-state index is 11.0. The summed E-state index contributed by atoms with van der Waals surface area (Å²) in [5.74, 6) is -0.135. The van der Waals surface area contributed by atoms with Gasteiger partial charge in [0, 0.05) is 6.21 Å². The number of para-hydroxylation sites is 2. The number of hydrogen-bond donors (Lipinski definition) is 0. The van der Waals surface area contributed by atoms with Crippen molar-refractivity contribution in [3.05, 3.63) is 24.3 Å². The smallest absolute Gasteiger partial charge is 0.251 e. The molecule has 1 aliphatic rings. The van der Waals surface area contributed by atoms with E-state index in [1.165, 1.54) is 0 Å². The van der Waals surface area contributed by atoms with Gasteiger partial charge < -0.3 is 0 Å². The largest absolute Gasteiger partial charge is 0.272 e. The van der Waals surface area contributed by atoms with Crippen LogP contribution >= 0.6 is 0 Å². The lowest BCUT2D eigenvalue weighted by molar-refractivity contribution is -0.118. The highest BCUT2D eigenvalue weighted by Gasteiger charge is 2.09. The van der Waals surface area contributed by atoms with Crippen molar-refractivity contribution in [3.63, 3.8) is 0 Å². The van der Waals surface area contributed by atoms with Crippen LogP contribution in [-0.2, 0) is 4.79 Å². The molecule has 1 aromatic rings. The summed E-state index contributed by atoms with van der Waals surface area (Å²) >= 11 is 0. The molecule has 0 atom stereocenters. The Morgan fingerprint density at radius 3 is 2.75 bits per heavy atom. The fourth-order valence-corrected chi connectivity index (χ4v) is 1.07. The Hall–Kier alpha value is -1.64. The average molecular weight is 159 g/mol.